The Labute approximate surface area is 138 Å². The highest BCUT2D eigenvalue weighted by Gasteiger charge is 2.25. The maximum atomic E-state index is 11.8. The van der Waals surface area contributed by atoms with Crippen LogP contribution in [0.1, 0.15) is 46.1 Å². The highest BCUT2D eigenvalue weighted by atomic mass is 16.6. The molecule has 0 radical (unpaired) electrons. The first kappa shape index (κ1) is 17.3. The SMILES string of the molecule is C=C(C)OC(=O)N1CCC(Oc2cncc(C(C)(C)C)c2)CC1. The summed E-state index contributed by atoms with van der Waals surface area (Å²) in [6, 6.07) is 2.05. The standard InChI is InChI=1S/C18H26N2O3/c1-13(2)22-17(21)20-8-6-15(7-9-20)23-16-10-14(11-19-12-16)18(3,4)5/h10-12,15H,1,6-9H2,2-5H3. The molecule has 126 valence electrons. The van der Waals surface area contributed by atoms with E-state index in [-0.39, 0.29) is 17.6 Å². The summed E-state index contributed by atoms with van der Waals surface area (Å²) in [5.41, 5.74) is 1.19. The number of piperidine rings is 1. The van der Waals surface area contributed by atoms with Gasteiger partial charge in [-0.25, -0.2) is 4.79 Å². The van der Waals surface area contributed by atoms with E-state index < -0.39 is 0 Å². The number of pyridine rings is 1. The molecule has 5 heteroatoms. The summed E-state index contributed by atoms with van der Waals surface area (Å²) in [7, 11) is 0. The number of nitrogens with zero attached hydrogens (tertiary/aromatic N) is 2. The number of hydrogen-bond acceptors (Lipinski definition) is 4. The van der Waals surface area contributed by atoms with Crippen molar-refractivity contribution < 1.29 is 14.3 Å². The smallest absolute Gasteiger partial charge is 0.414 e. The first-order valence-electron chi connectivity index (χ1n) is 8.00. The largest absolute Gasteiger partial charge is 0.489 e. The molecular formula is C18H26N2O3. The molecule has 0 bridgehead atoms. The van der Waals surface area contributed by atoms with E-state index in [4.69, 9.17) is 9.47 Å². The van der Waals surface area contributed by atoms with Gasteiger partial charge in [-0.15, -0.1) is 0 Å². The fraction of sp³-hybridized carbons (Fsp3) is 0.556. The van der Waals surface area contributed by atoms with Crippen molar-refractivity contribution in [2.24, 2.45) is 0 Å². The number of carbonyl (C=O) groups excluding carboxylic acids is 1. The average Bonchev–Trinajstić information content (AvgIpc) is 2.46. The van der Waals surface area contributed by atoms with E-state index in [1.807, 2.05) is 6.20 Å². The van der Waals surface area contributed by atoms with Gasteiger partial charge in [-0.3, -0.25) is 4.98 Å². The zero-order chi connectivity index (χ0) is 17.0. The fourth-order valence-corrected chi connectivity index (χ4v) is 2.46. The first-order valence-corrected chi connectivity index (χ1v) is 8.00. The van der Waals surface area contributed by atoms with Crippen LogP contribution in [-0.2, 0) is 10.2 Å². The van der Waals surface area contributed by atoms with E-state index in [9.17, 15) is 4.79 Å². The summed E-state index contributed by atoms with van der Waals surface area (Å²) >= 11 is 0. The van der Waals surface area contributed by atoms with Gasteiger partial charge in [0.15, 0.2) is 0 Å². The molecule has 1 aliphatic rings. The van der Waals surface area contributed by atoms with E-state index >= 15 is 0 Å². The Morgan fingerprint density at radius 2 is 1.96 bits per heavy atom. The number of aromatic nitrogens is 1. The molecule has 1 aliphatic heterocycles. The van der Waals surface area contributed by atoms with Crippen molar-refractivity contribution >= 4 is 6.09 Å². The maximum absolute atomic E-state index is 11.8. The Bertz CT molecular complexity index is 570. The van der Waals surface area contributed by atoms with Gasteiger partial charge in [-0.1, -0.05) is 27.4 Å². The molecule has 1 amide bonds. The maximum Gasteiger partial charge on any atom is 0.414 e. The molecule has 0 atom stereocenters. The quantitative estimate of drug-likeness (QED) is 0.793. The van der Waals surface area contributed by atoms with Gasteiger partial charge in [0, 0.05) is 32.1 Å². The topological polar surface area (TPSA) is 51.7 Å². The molecule has 1 fully saturated rings. The van der Waals surface area contributed by atoms with Crippen molar-refractivity contribution in [2.45, 2.75) is 52.1 Å². The molecule has 0 N–H and O–H groups in total. The number of allylic oxidation sites excluding steroid dienone is 1. The zero-order valence-electron chi connectivity index (χ0n) is 14.5. The molecule has 0 unspecified atom stereocenters. The Kier molecular flexibility index (Phi) is 5.29. The minimum Gasteiger partial charge on any atom is -0.489 e. The van der Waals surface area contributed by atoms with Crippen LogP contribution in [-0.4, -0.2) is 35.2 Å². The van der Waals surface area contributed by atoms with E-state index in [2.05, 4.69) is 38.4 Å². The van der Waals surface area contributed by atoms with E-state index in [1.165, 1.54) is 0 Å². The number of rotatable bonds is 3. The normalized spacial score (nSPS) is 16.1. The lowest BCUT2D eigenvalue weighted by atomic mass is 9.88. The molecule has 1 aromatic rings. The van der Waals surface area contributed by atoms with Gasteiger partial charge < -0.3 is 14.4 Å². The lowest BCUT2D eigenvalue weighted by molar-refractivity contribution is 0.0818. The van der Waals surface area contributed by atoms with Crippen LogP contribution < -0.4 is 4.74 Å². The van der Waals surface area contributed by atoms with Crippen molar-refractivity contribution in [3.05, 3.63) is 36.4 Å². The molecule has 1 aromatic heterocycles. The average molecular weight is 318 g/mol. The molecule has 23 heavy (non-hydrogen) atoms. The molecule has 2 rings (SSSR count). The van der Waals surface area contributed by atoms with Crippen LogP contribution >= 0.6 is 0 Å². The molecule has 1 saturated heterocycles. The highest BCUT2D eigenvalue weighted by Crippen LogP contribution is 2.26. The van der Waals surface area contributed by atoms with Crippen LogP contribution in [0.4, 0.5) is 4.79 Å². The van der Waals surface area contributed by atoms with Crippen LogP contribution in [0.25, 0.3) is 0 Å². The van der Waals surface area contributed by atoms with E-state index in [0.717, 1.165) is 24.2 Å². The van der Waals surface area contributed by atoms with E-state index in [1.54, 1.807) is 18.0 Å². The number of carbonyl (C=O) groups is 1. The lowest BCUT2D eigenvalue weighted by Gasteiger charge is -2.31. The predicted octanol–water partition coefficient (Wildman–Crippen LogP) is 3.89. The molecule has 2 heterocycles. The Balaban J connectivity index is 1.89. The van der Waals surface area contributed by atoms with Crippen molar-refractivity contribution in [1.29, 1.82) is 0 Å². The van der Waals surface area contributed by atoms with Crippen LogP contribution in [0.3, 0.4) is 0 Å². The Morgan fingerprint density at radius 3 is 2.52 bits per heavy atom. The number of amides is 1. The molecule has 0 saturated carbocycles. The van der Waals surface area contributed by atoms with Crippen LogP contribution in [0.15, 0.2) is 30.8 Å². The van der Waals surface area contributed by atoms with Gasteiger partial charge in [0.25, 0.3) is 0 Å². The van der Waals surface area contributed by atoms with Gasteiger partial charge >= 0.3 is 6.09 Å². The molecule has 0 spiro atoms. The Hall–Kier alpha value is -2.04. The molecule has 0 aliphatic carbocycles. The van der Waals surface area contributed by atoms with Crippen LogP contribution in [0.5, 0.6) is 5.75 Å². The third-order valence-corrected chi connectivity index (χ3v) is 3.84. The van der Waals surface area contributed by atoms with Crippen molar-refractivity contribution in [3.63, 3.8) is 0 Å². The van der Waals surface area contributed by atoms with Gasteiger partial charge in [0.2, 0.25) is 0 Å². The van der Waals surface area contributed by atoms with E-state index in [0.29, 0.717) is 18.8 Å². The van der Waals surface area contributed by atoms with Crippen molar-refractivity contribution in [1.82, 2.24) is 9.88 Å². The number of likely N-dealkylation sites (tertiary alicyclic amines) is 1. The second-order valence-corrected chi connectivity index (χ2v) is 7.03. The van der Waals surface area contributed by atoms with Crippen LogP contribution in [0, 0.1) is 0 Å². The second-order valence-electron chi connectivity index (χ2n) is 7.03. The molecule has 5 nitrogen and oxygen atoms in total. The first-order chi connectivity index (χ1) is 10.8. The summed E-state index contributed by atoms with van der Waals surface area (Å²) in [4.78, 5) is 17.8. The second kappa shape index (κ2) is 7.02. The summed E-state index contributed by atoms with van der Waals surface area (Å²) in [5.74, 6) is 1.21. The van der Waals surface area contributed by atoms with Gasteiger partial charge in [-0.2, -0.15) is 0 Å². The lowest BCUT2D eigenvalue weighted by Crippen LogP contribution is -2.41. The van der Waals surface area contributed by atoms with Gasteiger partial charge in [0.05, 0.1) is 12.0 Å². The van der Waals surface area contributed by atoms with Crippen molar-refractivity contribution in [3.8, 4) is 5.75 Å². The Morgan fingerprint density at radius 1 is 1.30 bits per heavy atom. The van der Waals surface area contributed by atoms with Gasteiger partial charge in [-0.05, 0) is 24.0 Å². The highest BCUT2D eigenvalue weighted by molar-refractivity contribution is 5.68. The summed E-state index contributed by atoms with van der Waals surface area (Å²) in [6.45, 7) is 13.0. The number of ether oxygens (including phenoxy) is 2. The number of hydrogen-bond donors (Lipinski definition) is 0. The summed E-state index contributed by atoms with van der Waals surface area (Å²) in [6.07, 6.45) is 4.96. The third-order valence-electron chi connectivity index (χ3n) is 3.84. The van der Waals surface area contributed by atoms with Gasteiger partial charge in [0.1, 0.15) is 11.9 Å². The minimum atomic E-state index is -0.327. The predicted molar refractivity (Wildman–Crippen MR) is 89.5 cm³/mol. The summed E-state index contributed by atoms with van der Waals surface area (Å²) in [5, 5.41) is 0. The van der Waals surface area contributed by atoms with Crippen molar-refractivity contribution in [2.75, 3.05) is 13.1 Å². The van der Waals surface area contributed by atoms with Crippen LogP contribution in [0.2, 0.25) is 0 Å². The monoisotopic (exact) mass is 318 g/mol. The fourth-order valence-electron chi connectivity index (χ4n) is 2.46. The zero-order valence-corrected chi connectivity index (χ0v) is 14.5. The molecule has 0 aromatic carbocycles. The summed E-state index contributed by atoms with van der Waals surface area (Å²) < 4.78 is 11.1. The third kappa shape index (κ3) is 4.98. The minimum absolute atomic E-state index is 0.0437. The molecular weight excluding hydrogens is 292 g/mol.